The highest BCUT2D eigenvalue weighted by atomic mass is 32.2. The fourth-order valence-corrected chi connectivity index (χ4v) is 4.72. The van der Waals surface area contributed by atoms with Gasteiger partial charge in [0, 0.05) is 25.2 Å². The van der Waals surface area contributed by atoms with Crippen molar-refractivity contribution in [1.29, 1.82) is 0 Å². The number of sulfonamides is 1. The monoisotopic (exact) mass is 290 g/mol. The van der Waals surface area contributed by atoms with E-state index in [9.17, 15) is 13.5 Å². The van der Waals surface area contributed by atoms with E-state index in [1.165, 1.54) is 0 Å². The van der Waals surface area contributed by atoms with Crippen LogP contribution in [0.2, 0.25) is 0 Å². The van der Waals surface area contributed by atoms with E-state index in [1.807, 2.05) is 0 Å². The predicted molar refractivity (Wildman–Crippen MR) is 70.3 cm³/mol. The van der Waals surface area contributed by atoms with Crippen molar-refractivity contribution >= 4 is 10.0 Å². The molecule has 3 fully saturated rings. The molecule has 2 saturated heterocycles. The third-order valence-corrected chi connectivity index (χ3v) is 6.29. The Morgan fingerprint density at radius 1 is 1.21 bits per heavy atom. The number of rotatable bonds is 4. The smallest absolute Gasteiger partial charge is 0.219 e. The van der Waals surface area contributed by atoms with Gasteiger partial charge in [-0.1, -0.05) is 6.42 Å². The molecule has 110 valence electrons. The number of β-amino-alcohol motifs (C(OH)–C–C–N with tert-alkyl or cyclic N) is 1. The van der Waals surface area contributed by atoms with E-state index in [2.05, 4.69) is 9.62 Å². The highest BCUT2D eigenvalue weighted by molar-refractivity contribution is 7.90. The van der Waals surface area contributed by atoms with Crippen molar-refractivity contribution < 1.29 is 18.3 Å². The first kappa shape index (κ1) is 13.8. The molecule has 0 radical (unpaired) electrons. The molecule has 3 atom stereocenters. The lowest BCUT2D eigenvalue weighted by atomic mass is 10.1. The number of nitrogens with zero attached hydrogens (tertiary/aromatic N) is 1. The highest BCUT2D eigenvalue weighted by Crippen LogP contribution is 2.28. The molecule has 7 heteroatoms. The molecule has 0 aromatic heterocycles. The summed E-state index contributed by atoms with van der Waals surface area (Å²) in [5.74, 6) is 0. The maximum absolute atomic E-state index is 12.1. The van der Waals surface area contributed by atoms with Crippen LogP contribution in [0.3, 0.4) is 0 Å². The normalized spacial score (nSPS) is 37.6. The maximum Gasteiger partial charge on any atom is 0.219 e. The summed E-state index contributed by atoms with van der Waals surface area (Å²) in [5.41, 5.74) is 0. The number of nitrogens with one attached hydrogen (secondary N) is 1. The van der Waals surface area contributed by atoms with Gasteiger partial charge in [-0.2, -0.15) is 0 Å². The fourth-order valence-electron chi connectivity index (χ4n) is 3.28. The molecule has 6 nitrogen and oxygen atoms in total. The largest absolute Gasteiger partial charge is 0.392 e. The number of hydrogen-bond acceptors (Lipinski definition) is 5. The molecule has 0 amide bonds. The first-order valence-corrected chi connectivity index (χ1v) is 8.62. The Labute approximate surface area is 114 Å². The lowest BCUT2D eigenvalue weighted by Crippen LogP contribution is -2.54. The van der Waals surface area contributed by atoms with Crippen molar-refractivity contribution in [2.45, 2.75) is 49.1 Å². The van der Waals surface area contributed by atoms with Crippen LogP contribution < -0.4 is 4.72 Å². The molecule has 0 aromatic carbocycles. The summed E-state index contributed by atoms with van der Waals surface area (Å²) >= 11 is 0. The molecule has 2 aliphatic heterocycles. The molecule has 0 bridgehead atoms. The molecular formula is C12H22N2O4S. The SMILES string of the molecule is O=S(=O)(N[C@@H]1CCC[C@@H]1N1CCC(O)C1)C1COC1. The lowest BCUT2D eigenvalue weighted by Gasteiger charge is -2.32. The van der Waals surface area contributed by atoms with E-state index in [4.69, 9.17) is 4.74 Å². The number of ether oxygens (including phenoxy) is 1. The van der Waals surface area contributed by atoms with Crippen LogP contribution in [0.25, 0.3) is 0 Å². The summed E-state index contributed by atoms with van der Waals surface area (Å²) in [6.45, 7) is 2.18. The zero-order chi connectivity index (χ0) is 13.5. The minimum Gasteiger partial charge on any atom is -0.392 e. The van der Waals surface area contributed by atoms with Crippen molar-refractivity contribution in [2.75, 3.05) is 26.3 Å². The summed E-state index contributed by atoms with van der Waals surface area (Å²) in [6, 6.07) is 0.240. The highest BCUT2D eigenvalue weighted by Gasteiger charge is 2.40. The average molecular weight is 290 g/mol. The van der Waals surface area contributed by atoms with Gasteiger partial charge in [0.15, 0.2) is 0 Å². The number of hydrogen-bond donors (Lipinski definition) is 2. The Bertz CT molecular complexity index is 423. The molecule has 0 aromatic rings. The molecule has 0 spiro atoms. The standard InChI is InChI=1S/C12H22N2O4S/c15-9-4-5-14(6-9)12-3-1-2-11(12)13-19(16,17)10-7-18-8-10/h9-13,15H,1-8H2/t9?,11-,12+/m1/s1. The molecular weight excluding hydrogens is 268 g/mol. The Morgan fingerprint density at radius 3 is 2.58 bits per heavy atom. The summed E-state index contributed by atoms with van der Waals surface area (Å²) in [4.78, 5) is 2.24. The van der Waals surface area contributed by atoms with Crippen LogP contribution in [0, 0.1) is 0 Å². The van der Waals surface area contributed by atoms with Gasteiger partial charge < -0.3 is 9.84 Å². The molecule has 19 heavy (non-hydrogen) atoms. The topological polar surface area (TPSA) is 78.9 Å². The minimum absolute atomic E-state index is 0.00380. The van der Waals surface area contributed by atoms with Gasteiger partial charge in [-0.25, -0.2) is 13.1 Å². The third-order valence-electron chi connectivity index (χ3n) is 4.51. The number of aliphatic hydroxyl groups excluding tert-OH is 1. The van der Waals surface area contributed by atoms with E-state index in [-0.39, 0.29) is 23.4 Å². The van der Waals surface area contributed by atoms with Crippen LogP contribution in [-0.2, 0) is 14.8 Å². The maximum atomic E-state index is 12.1. The molecule has 1 saturated carbocycles. The van der Waals surface area contributed by atoms with Gasteiger partial charge in [0.1, 0.15) is 5.25 Å². The Balaban J connectivity index is 1.63. The van der Waals surface area contributed by atoms with Gasteiger partial charge in [-0.3, -0.25) is 4.90 Å². The van der Waals surface area contributed by atoms with Gasteiger partial charge >= 0.3 is 0 Å². The first-order chi connectivity index (χ1) is 9.06. The van der Waals surface area contributed by atoms with Crippen molar-refractivity contribution in [2.24, 2.45) is 0 Å². The van der Waals surface area contributed by atoms with Crippen molar-refractivity contribution in [3.63, 3.8) is 0 Å². The predicted octanol–water partition coefficient (Wildman–Crippen LogP) is -0.708. The Hall–Kier alpha value is -0.210. The summed E-state index contributed by atoms with van der Waals surface area (Å²) in [6.07, 6.45) is 3.50. The van der Waals surface area contributed by atoms with Crippen LogP contribution >= 0.6 is 0 Å². The third kappa shape index (κ3) is 2.80. The van der Waals surface area contributed by atoms with Crippen LogP contribution in [0.4, 0.5) is 0 Å². The average Bonchev–Trinajstić information content (AvgIpc) is 2.82. The van der Waals surface area contributed by atoms with E-state index in [0.29, 0.717) is 19.8 Å². The number of aliphatic hydroxyl groups is 1. The second-order valence-corrected chi connectivity index (χ2v) is 7.86. The van der Waals surface area contributed by atoms with Crippen molar-refractivity contribution in [1.82, 2.24) is 9.62 Å². The van der Waals surface area contributed by atoms with Gasteiger partial charge in [-0.15, -0.1) is 0 Å². The van der Waals surface area contributed by atoms with Crippen LogP contribution in [0.5, 0.6) is 0 Å². The molecule has 3 rings (SSSR count). The van der Waals surface area contributed by atoms with Gasteiger partial charge in [-0.05, 0) is 19.3 Å². The first-order valence-electron chi connectivity index (χ1n) is 7.07. The molecule has 2 heterocycles. The summed E-state index contributed by atoms with van der Waals surface area (Å²) in [7, 11) is -3.25. The van der Waals surface area contributed by atoms with E-state index >= 15 is 0 Å². The van der Waals surface area contributed by atoms with E-state index < -0.39 is 10.0 Å². The summed E-state index contributed by atoms with van der Waals surface area (Å²) < 4.78 is 32.1. The summed E-state index contributed by atoms with van der Waals surface area (Å²) in [5, 5.41) is 9.24. The van der Waals surface area contributed by atoms with Gasteiger partial charge in [0.25, 0.3) is 0 Å². The zero-order valence-corrected chi connectivity index (χ0v) is 11.8. The zero-order valence-electron chi connectivity index (χ0n) is 11.0. The second kappa shape index (κ2) is 5.29. The molecule has 2 N–H and O–H groups in total. The van der Waals surface area contributed by atoms with Crippen LogP contribution in [-0.4, -0.2) is 68.2 Å². The van der Waals surface area contributed by atoms with Gasteiger partial charge in [0.2, 0.25) is 10.0 Å². The van der Waals surface area contributed by atoms with Gasteiger partial charge in [0.05, 0.1) is 19.3 Å². The minimum atomic E-state index is -3.25. The molecule has 1 unspecified atom stereocenters. The van der Waals surface area contributed by atoms with E-state index in [0.717, 1.165) is 32.2 Å². The Morgan fingerprint density at radius 2 is 2.00 bits per heavy atom. The number of likely N-dealkylation sites (tertiary alicyclic amines) is 1. The van der Waals surface area contributed by atoms with Crippen LogP contribution in [0.1, 0.15) is 25.7 Å². The van der Waals surface area contributed by atoms with E-state index in [1.54, 1.807) is 0 Å². The molecule has 1 aliphatic carbocycles. The fraction of sp³-hybridized carbons (Fsp3) is 1.00. The van der Waals surface area contributed by atoms with Crippen LogP contribution in [0.15, 0.2) is 0 Å². The van der Waals surface area contributed by atoms with Crippen molar-refractivity contribution in [3.8, 4) is 0 Å². The lowest BCUT2D eigenvalue weighted by molar-refractivity contribution is 0.0408. The second-order valence-electron chi connectivity index (χ2n) is 5.86. The quantitative estimate of drug-likeness (QED) is 0.715. The molecule has 3 aliphatic rings. The van der Waals surface area contributed by atoms with Crippen molar-refractivity contribution in [3.05, 3.63) is 0 Å². The Kier molecular flexibility index (Phi) is 3.83.